The number of rotatable bonds is 8. The first-order valence-corrected chi connectivity index (χ1v) is 21.7. The van der Waals surface area contributed by atoms with Crippen LogP contribution in [0.3, 0.4) is 0 Å². The molecule has 0 spiro atoms. The van der Waals surface area contributed by atoms with Crippen molar-refractivity contribution in [3.05, 3.63) is 218 Å². The summed E-state index contributed by atoms with van der Waals surface area (Å²) in [5.41, 5.74) is 17.8. The third-order valence-corrected chi connectivity index (χ3v) is 12.9. The van der Waals surface area contributed by atoms with Gasteiger partial charge in [-0.2, -0.15) is 0 Å². The van der Waals surface area contributed by atoms with Gasteiger partial charge in [-0.3, -0.25) is 9.97 Å². The van der Waals surface area contributed by atoms with Crippen molar-refractivity contribution < 1.29 is 0 Å². The first-order valence-electron chi connectivity index (χ1n) is 21.7. The molecule has 4 aromatic heterocycles. The lowest BCUT2D eigenvalue weighted by atomic mass is 9.65. The lowest BCUT2D eigenvalue weighted by Crippen LogP contribution is -2.30. The normalized spacial score (nSPS) is 13.6. The Balaban J connectivity index is 0.844. The number of fused-ring (bicyclic) bond motifs is 2. The molecule has 10 aromatic rings. The van der Waals surface area contributed by atoms with Crippen LogP contribution in [0.25, 0.3) is 89.1 Å². The van der Waals surface area contributed by atoms with Gasteiger partial charge in [0.05, 0.1) is 33.8 Å². The molecular formula is C58H44N4. The summed E-state index contributed by atoms with van der Waals surface area (Å²) in [5, 5.41) is 2.21. The molecule has 62 heavy (non-hydrogen) atoms. The molecule has 11 rings (SSSR count). The zero-order valence-electron chi connectivity index (χ0n) is 34.5. The van der Waals surface area contributed by atoms with Crippen LogP contribution < -0.4 is 0 Å². The van der Waals surface area contributed by atoms with Crippen LogP contribution in [0.5, 0.6) is 0 Å². The Morgan fingerprint density at radius 2 is 0.694 bits per heavy atom. The van der Waals surface area contributed by atoms with Gasteiger partial charge < -0.3 is 0 Å². The number of hydrogen-bond acceptors (Lipinski definition) is 4. The van der Waals surface area contributed by atoms with E-state index in [9.17, 15) is 0 Å². The Hall–Kier alpha value is -7.56. The van der Waals surface area contributed by atoms with Gasteiger partial charge in [-0.25, -0.2) is 9.97 Å². The quantitative estimate of drug-likeness (QED) is 0.154. The molecule has 6 aromatic carbocycles. The van der Waals surface area contributed by atoms with E-state index in [2.05, 4.69) is 168 Å². The van der Waals surface area contributed by atoms with Crippen molar-refractivity contribution in [1.82, 2.24) is 19.9 Å². The molecular weight excluding hydrogens is 753 g/mol. The summed E-state index contributed by atoms with van der Waals surface area (Å²) in [6, 6.07) is 69.5. The molecule has 0 amide bonds. The van der Waals surface area contributed by atoms with Crippen LogP contribution in [-0.4, -0.2) is 19.9 Å². The first kappa shape index (κ1) is 37.4. The highest BCUT2D eigenvalue weighted by Crippen LogP contribution is 2.46. The molecule has 4 nitrogen and oxygen atoms in total. The number of hydrogen-bond donors (Lipinski definition) is 0. The molecule has 4 heteroatoms. The maximum absolute atomic E-state index is 5.06. The van der Waals surface area contributed by atoms with Crippen LogP contribution in [0, 0.1) is 0 Å². The van der Waals surface area contributed by atoms with Gasteiger partial charge in [0.1, 0.15) is 0 Å². The fourth-order valence-corrected chi connectivity index (χ4v) is 9.64. The second-order valence-corrected chi connectivity index (χ2v) is 16.5. The van der Waals surface area contributed by atoms with Gasteiger partial charge in [-0.05, 0) is 94.8 Å². The summed E-state index contributed by atoms with van der Waals surface area (Å²) in [6.45, 7) is 0. The lowest BCUT2D eigenvalue weighted by molar-refractivity contribution is 0.346. The van der Waals surface area contributed by atoms with Crippen LogP contribution in [0.15, 0.2) is 207 Å². The Morgan fingerprint density at radius 3 is 1.10 bits per heavy atom. The maximum atomic E-state index is 5.06. The number of nitrogens with zero attached hydrogens (tertiary/aromatic N) is 4. The van der Waals surface area contributed by atoms with E-state index in [0.717, 1.165) is 79.7 Å². The van der Waals surface area contributed by atoms with Gasteiger partial charge in [-0.1, -0.05) is 165 Å². The van der Waals surface area contributed by atoms with Gasteiger partial charge in [0, 0.05) is 50.8 Å². The predicted octanol–water partition coefficient (Wildman–Crippen LogP) is 14.8. The highest BCUT2D eigenvalue weighted by Gasteiger charge is 2.35. The highest BCUT2D eigenvalue weighted by atomic mass is 14.7. The van der Waals surface area contributed by atoms with Crippen LogP contribution in [0.1, 0.15) is 43.2 Å². The Kier molecular flexibility index (Phi) is 9.74. The predicted molar refractivity (Wildman–Crippen MR) is 256 cm³/mol. The molecule has 1 saturated carbocycles. The second-order valence-electron chi connectivity index (χ2n) is 16.5. The second kappa shape index (κ2) is 16.1. The van der Waals surface area contributed by atoms with Crippen LogP contribution in [0.4, 0.5) is 0 Å². The van der Waals surface area contributed by atoms with Crippen LogP contribution >= 0.6 is 0 Å². The van der Waals surface area contributed by atoms with Crippen molar-refractivity contribution >= 4 is 21.8 Å². The molecule has 1 aliphatic carbocycles. The van der Waals surface area contributed by atoms with Gasteiger partial charge >= 0.3 is 0 Å². The molecule has 1 fully saturated rings. The van der Waals surface area contributed by atoms with Crippen LogP contribution in [-0.2, 0) is 5.41 Å². The monoisotopic (exact) mass is 796 g/mol. The molecule has 0 saturated heterocycles. The van der Waals surface area contributed by atoms with Crippen LogP contribution in [0.2, 0.25) is 0 Å². The number of aromatic nitrogens is 4. The number of pyridine rings is 4. The topological polar surface area (TPSA) is 51.6 Å². The summed E-state index contributed by atoms with van der Waals surface area (Å²) in [5.74, 6) is 0. The van der Waals surface area contributed by atoms with E-state index in [1.165, 1.54) is 52.6 Å². The molecule has 0 unspecified atom stereocenters. The molecule has 0 atom stereocenters. The van der Waals surface area contributed by atoms with Crippen molar-refractivity contribution in [2.24, 2.45) is 0 Å². The Bertz CT molecular complexity index is 2940. The Morgan fingerprint density at radius 1 is 0.323 bits per heavy atom. The SMILES string of the molecule is c1ccc(-c2cc(-c3ccc(-c4ccc(C5(c6ccc(-c7ccc(-c8cc(-c9ccccn9)c9ccccc9n8)cc7)cc6)CCCCC5)cc4)cc3)nc3ccccc23)nc1. The van der Waals surface area contributed by atoms with E-state index in [4.69, 9.17) is 9.97 Å². The van der Waals surface area contributed by atoms with Gasteiger partial charge in [-0.15, -0.1) is 0 Å². The van der Waals surface area contributed by atoms with Gasteiger partial charge in [0.2, 0.25) is 0 Å². The average molecular weight is 797 g/mol. The molecule has 0 aliphatic heterocycles. The van der Waals surface area contributed by atoms with E-state index in [0.29, 0.717) is 0 Å². The fourth-order valence-electron chi connectivity index (χ4n) is 9.64. The third-order valence-electron chi connectivity index (χ3n) is 12.9. The van der Waals surface area contributed by atoms with Crippen molar-refractivity contribution in [3.63, 3.8) is 0 Å². The Labute approximate surface area is 362 Å². The van der Waals surface area contributed by atoms with Crippen molar-refractivity contribution in [1.29, 1.82) is 0 Å². The minimum Gasteiger partial charge on any atom is -0.256 e. The van der Waals surface area contributed by atoms with E-state index in [1.807, 2.05) is 48.8 Å². The fraction of sp³-hybridized carbons (Fsp3) is 0.103. The molecule has 0 bridgehead atoms. The zero-order valence-corrected chi connectivity index (χ0v) is 34.5. The lowest BCUT2D eigenvalue weighted by Gasteiger charge is -2.39. The van der Waals surface area contributed by atoms with Gasteiger partial charge in [0.15, 0.2) is 0 Å². The molecule has 1 aliphatic rings. The summed E-state index contributed by atoms with van der Waals surface area (Å²) in [6.07, 6.45) is 9.79. The summed E-state index contributed by atoms with van der Waals surface area (Å²) in [4.78, 5) is 19.4. The van der Waals surface area contributed by atoms with E-state index < -0.39 is 0 Å². The van der Waals surface area contributed by atoms with E-state index >= 15 is 0 Å². The minimum atomic E-state index is 0.00314. The van der Waals surface area contributed by atoms with E-state index in [1.54, 1.807) is 0 Å². The minimum absolute atomic E-state index is 0.00314. The largest absolute Gasteiger partial charge is 0.256 e. The molecule has 4 heterocycles. The number of para-hydroxylation sites is 2. The maximum Gasteiger partial charge on any atom is 0.0716 e. The highest BCUT2D eigenvalue weighted by molar-refractivity contribution is 5.97. The van der Waals surface area contributed by atoms with E-state index in [-0.39, 0.29) is 5.41 Å². The van der Waals surface area contributed by atoms with Crippen molar-refractivity contribution in [2.75, 3.05) is 0 Å². The molecule has 0 N–H and O–H groups in total. The molecule has 296 valence electrons. The first-order chi connectivity index (χ1) is 30.7. The average Bonchev–Trinajstić information content (AvgIpc) is 3.36. The zero-order chi connectivity index (χ0) is 41.3. The summed E-state index contributed by atoms with van der Waals surface area (Å²) in [7, 11) is 0. The van der Waals surface area contributed by atoms with Crippen molar-refractivity contribution in [3.8, 4) is 67.3 Å². The third kappa shape index (κ3) is 7.04. The number of benzene rings is 6. The summed E-state index contributed by atoms with van der Waals surface area (Å²) < 4.78 is 0. The molecule has 0 radical (unpaired) electrons. The smallest absolute Gasteiger partial charge is 0.0716 e. The van der Waals surface area contributed by atoms with Crippen molar-refractivity contribution in [2.45, 2.75) is 37.5 Å². The van der Waals surface area contributed by atoms with Gasteiger partial charge in [0.25, 0.3) is 0 Å². The standard InChI is InChI=1S/C58H44N4/c1-8-34-58(35-9-1,46-30-26-42(27-31-46)40-18-22-44(23-19-40)56-38-50(52-14-6-10-36-59-52)48-12-2-4-16-54(48)61-56)47-32-28-43(29-33-47)41-20-24-45(25-21-41)57-39-51(53-15-7-11-37-60-53)49-13-3-5-17-55(49)62-57/h2-7,10-33,36-39H,1,8-9,34-35H2. The summed E-state index contributed by atoms with van der Waals surface area (Å²) >= 11 is 0.